The lowest BCUT2D eigenvalue weighted by Crippen LogP contribution is -2.34. The Morgan fingerprint density at radius 3 is 2.41 bits per heavy atom. The Bertz CT molecular complexity index is 334. The first-order valence-corrected chi connectivity index (χ1v) is 6.44. The van der Waals surface area contributed by atoms with Crippen molar-refractivity contribution < 1.29 is 18.3 Å². The van der Waals surface area contributed by atoms with Gasteiger partial charge in [-0.2, -0.15) is 8.78 Å². The SMILES string of the molecule is CC(F)(F)C(=O)OCC12CC3CC(CC1C3)C2. The third kappa shape index (κ3) is 1.76. The molecule has 0 aromatic rings. The summed E-state index contributed by atoms with van der Waals surface area (Å²) in [7, 11) is 0. The van der Waals surface area contributed by atoms with Crippen LogP contribution < -0.4 is 0 Å². The second-order valence-corrected chi connectivity index (χ2v) is 6.37. The van der Waals surface area contributed by atoms with Gasteiger partial charge in [0.05, 0.1) is 6.61 Å². The summed E-state index contributed by atoms with van der Waals surface area (Å²) in [6.45, 7) is 0.818. The summed E-state index contributed by atoms with van der Waals surface area (Å²) in [6.07, 6.45) is 5.90. The van der Waals surface area contributed by atoms with E-state index < -0.39 is 11.9 Å². The zero-order valence-electron chi connectivity index (χ0n) is 10.0. The molecule has 2 atom stereocenters. The van der Waals surface area contributed by atoms with Crippen molar-refractivity contribution in [2.75, 3.05) is 6.61 Å². The normalized spacial score (nSPS) is 43.1. The molecule has 0 spiro atoms. The van der Waals surface area contributed by atoms with Crippen LogP contribution in [0, 0.1) is 23.2 Å². The van der Waals surface area contributed by atoms with Crippen molar-refractivity contribution in [1.82, 2.24) is 0 Å². The fourth-order valence-corrected chi connectivity index (χ4v) is 4.54. The molecule has 4 saturated carbocycles. The minimum Gasteiger partial charge on any atom is -0.461 e. The summed E-state index contributed by atoms with van der Waals surface area (Å²) in [4.78, 5) is 11.1. The van der Waals surface area contributed by atoms with Gasteiger partial charge < -0.3 is 4.74 Å². The summed E-state index contributed by atoms with van der Waals surface area (Å²) < 4.78 is 30.4. The summed E-state index contributed by atoms with van der Waals surface area (Å²) in [5, 5.41) is 0. The number of ether oxygens (including phenoxy) is 1. The Morgan fingerprint density at radius 2 is 1.88 bits per heavy atom. The predicted molar refractivity (Wildman–Crippen MR) is 57.6 cm³/mol. The maximum Gasteiger partial charge on any atom is 0.376 e. The van der Waals surface area contributed by atoms with Gasteiger partial charge in [-0.15, -0.1) is 0 Å². The molecule has 4 fully saturated rings. The molecule has 2 unspecified atom stereocenters. The monoisotopic (exact) mass is 244 g/mol. The number of esters is 1. The van der Waals surface area contributed by atoms with E-state index in [1.807, 2.05) is 0 Å². The number of alkyl halides is 2. The third-order valence-corrected chi connectivity index (χ3v) is 5.01. The zero-order chi connectivity index (χ0) is 12.3. The Morgan fingerprint density at radius 1 is 1.29 bits per heavy atom. The van der Waals surface area contributed by atoms with E-state index in [9.17, 15) is 13.6 Å². The molecule has 96 valence electrons. The Balaban J connectivity index is 1.65. The summed E-state index contributed by atoms with van der Waals surface area (Å²) in [5.74, 6) is -2.59. The Labute approximate surface area is 99.7 Å². The third-order valence-electron chi connectivity index (χ3n) is 5.01. The highest BCUT2D eigenvalue weighted by atomic mass is 19.3. The van der Waals surface area contributed by atoms with Gasteiger partial charge in [0.2, 0.25) is 0 Å². The standard InChI is InChI=1S/C13H18F2O2/c1-12(14,15)11(16)17-7-13-5-8-2-9(6-13)4-10(13)3-8/h8-10H,2-7H2,1H3. The molecule has 17 heavy (non-hydrogen) atoms. The Hall–Kier alpha value is -0.670. The number of rotatable bonds is 3. The van der Waals surface area contributed by atoms with Gasteiger partial charge in [-0.25, -0.2) is 4.79 Å². The van der Waals surface area contributed by atoms with Gasteiger partial charge in [0.15, 0.2) is 0 Å². The first-order valence-electron chi connectivity index (χ1n) is 6.44. The average molecular weight is 244 g/mol. The molecule has 4 heteroatoms. The second kappa shape index (κ2) is 3.42. The number of halogens is 2. The summed E-state index contributed by atoms with van der Waals surface area (Å²) in [5.41, 5.74) is 0.0501. The number of carbonyl (C=O) groups is 1. The molecule has 0 aromatic heterocycles. The van der Waals surface area contributed by atoms with Crippen LogP contribution in [0.3, 0.4) is 0 Å². The van der Waals surface area contributed by atoms with E-state index in [0.29, 0.717) is 12.8 Å². The van der Waals surface area contributed by atoms with Crippen LogP contribution in [0.5, 0.6) is 0 Å². The smallest absolute Gasteiger partial charge is 0.376 e. The molecule has 4 rings (SSSR count). The van der Waals surface area contributed by atoms with Crippen LogP contribution in [0.1, 0.15) is 39.0 Å². The van der Waals surface area contributed by atoms with Crippen molar-refractivity contribution >= 4 is 5.97 Å². The highest BCUT2D eigenvalue weighted by Crippen LogP contribution is 2.65. The van der Waals surface area contributed by atoms with Crippen LogP contribution in [0.2, 0.25) is 0 Å². The highest BCUT2D eigenvalue weighted by Gasteiger charge is 2.58. The Kier molecular flexibility index (Phi) is 2.30. The lowest BCUT2D eigenvalue weighted by atomic mass is 9.76. The van der Waals surface area contributed by atoms with Gasteiger partial charge in [0, 0.05) is 12.3 Å². The molecular weight excluding hydrogens is 226 g/mol. The maximum atomic E-state index is 12.7. The maximum absolute atomic E-state index is 12.7. The van der Waals surface area contributed by atoms with Crippen LogP contribution in [0.15, 0.2) is 0 Å². The molecule has 0 saturated heterocycles. The van der Waals surface area contributed by atoms with Crippen molar-refractivity contribution in [3.05, 3.63) is 0 Å². The van der Waals surface area contributed by atoms with Gasteiger partial charge in [0.25, 0.3) is 0 Å². The van der Waals surface area contributed by atoms with Gasteiger partial charge in [-0.1, -0.05) is 0 Å². The van der Waals surface area contributed by atoms with E-state index in [0.717, 1.165) is 24.7 Å². The lowest BCUT2D eigenvalue weighted by Gasteiger charge is -2.32. The number of hydrogen-bond acceptors (Lipinski definition) is 2. The van der Waals surface area contributed by atoms with Crippen LogP contribution in [-0.2, 0) is 9.53 Å². The predicted octanol–water partition coefficient (Wildman–Crippen LogP) is 3.01. The van der Waals surface area contributed by atoms with E-state index in [-0.39, 0.29) is 12.0 Å². The van der Waals surface area contributed by atoms with Crippen LogP contribution in [-0.4, -0.2) is 18.5 Å². The topological polar surface area (TPSA) is 26.3 Å². The minimum absolute atomic E-state index is 0.0501. The van der Waals surface area contributed by atoms with Crippen molar-refractivity contribution in [2.45, 2.75) is 45.0 Å². The first-order chi connectivity index (χ1) is 7.89. The molecular formula is C13H18F2O2. The quantitative estimate of drug-likeness (QED) is 0.713. The molecule has 4 bridgehead atoms. The fraction of sp³-hybridized carbons (Fsp3) is 0.923. The second-order valence-electron chi connectivity index (χ2n) is 6.37. The number of hydrogen-bond donors (Lipinski definition) is 0. The summed E-state index contributed by atoms with van der Waals surface area (Å²) >= 11 is 0. The molecule has 0 aromatic carbocycles. The molecule has 2 nitrogen and oxygen atoms in total. The lowest BCUT2D eigenvalue weighted by molar-refractivity contribution is -0.173. The van der Waals surface area contributed by atoms with Gasteiger partial charge in [0.1, 0.15) is 0 Å². The fourth-order valence-electron chi connectivity index (χ4n) is 4.54. The molecule has 0 amide bonds. The zero-order valence-corrected chi connectivity index (χ0v) is 10.0. The minimum atomic E-state index is -3.35. The van der Waals surface area contributed by atoms with Crippen molar-refractivity contribution in [2.24, 2.45) is 23.2 Å². The van der Waals surface area contributed by atoms with Gasteiger partial charge >= 0.3 is 11.9 Å². The van der Waals surface area contributed by atoms with Gasteiger partial charge in [-0.05, 0) is 49.9 Å². The average Bonchev–Trinajstić information content (AvgIpc) is 2.59. The summed E-state index contributed by atoms with van der Waals surface area (Å²) in [6, 6.07) is 0. The van der Waals surface area contributed by atoms with Crippen molar-refractivity contribution in [3.8, 4) is 0 Å². The van der Waals surface area contributed by atoms with Gasteiger partial charge in [-0.3, -0.25) is 0 Å². The molecule has 0 N–H and O–H groups in total. The molecule has 4 aliphatic rings. The largest absolute Gasteiger partial charge is 0.461 e. The molecule has 0 aliphatic heterocycles. The van der Waals surface area contributed by atoms with E-state index in [1.165, 1.54) is 19.3 Å². The number of carbonyl (C=O) groups excluding carboxylic acids is 1. The molecule has 0 heterocycles. The van der Waals surface area contributed by atoms with E-state index in [4.69, 9.17) is 4.74 Å². The van der Waals surface area contributed by atoms with Crippen LogP contribution >= 0.6 is 0 Å². The van der Waals surface area contributed by atoms with E-state index >= 15 is 0 Å². The van der Waals surface area contributed by atoms with E-state index in [1.54, 1.807) is 0 Å². The molecule has 0 radical (unpaired) electrons. The molecule has 4 aliphatic carbocycles. The van der Waals surface area contributed by atoms with E-state index in [2.05, 4.69) is 0 Å². The van der Waals surface area contributed by atoms with Crippen molar-refractivity contribution in [3.63, 3.8) is 0 Å². The van der Waals surface area contributed by atoms with Crippen molar-refractivity contribution in [1.29, 1.82) is 0 Å². The van der Waals surface area contributed by atoms with Crippen LogP contribution in [0.4, 0.5) is 8.78 Å². The van der Waals surface area contributed by atoms with Crippen LogP contribution in [0.25, 0.3) is 0 Å². The first kappa shape index (κ1) is 11.4. The highest BCUT2D eigenvalue weighted by molar-refractivity contribution is 5.76.